The fourth-order valence-corrected chi connectivity index (χ4v) is 0.707. The van der Waals surface area contributed by atoms with E-state index >= 15 is 0 Å². The van der Waals surface area contributed by atoms with Gasteiger partial charge in [0.25, 0.3) is 0 Å². The van der Waals surface area contributed by atoms with Crippen LogP contribution in [0.1, 0.15) is 0 Å². The summed E-state index contributed by atoms with van der Waals surface area (Å²) in [4.78, 5) is 3.51. The molecule has 0 aliphatic rings. The molecule has 0 heterocycles. The highest BCUT2D eigenvalue weighted by Gasteiger charge is 2.04. The van der Waals surface area contributed by atoms with Crippen molar-refractivity contribution in [1.82, 2.24) is 9.80 Å². The second-order valence-electron chi connectivity index (χ2n) is 2.37. The van der Waals surface area contributed by atoms with Gasteiger partial charge in [-0.1, -0.05) is 23.2 Å². The molecule has 0 aromatic rings. The van der Waals surface area contributed by atoms with Crippen LogP contribution in [-0.4, -0.2) is 38.0 Å². The largest absolute Gasteiger partial charge is 0.366 e. The standard InChI is InChI=1S/C6H12Cl2N2/c1-9(2)5(7)6(8)10(3)4/h1-4H3. The van der Waals surface area contributed by atoms with E-state index in [0.717, 1.165) is 0 Å². The second-order valence-corrected chi connectivity index (χ2v) is 3.09. The predicted molar refractivity (Wildman–Crippen MR) is 46.1 cm³/mol. The van der Waals surface area contributed by atoms with Crippen molar-refractivity contribution in [2.24, 2.45) is 0 Å². The predicted octanol–water partition coefficient (Wildman–Crippen LogP) is 1.71. The smallest absolute Gasteiger partial charge is 0.139 e. The Morgan fingerprint density at radius 3 is 1.10 bits per heavy atom. The maximum Gasteiger partial charge on any atom is 0.139 e. The lowest BCUT2D eigenvalue weighted by molar-refractivity contribution is 0.488. The first-order chi connectivity index (χ1) is 4.46. The van der Waals surface area contributed by atoms with E-state index in [0.29, 0.717) is 10.3 Å². The highest BCUT2D eigenvalue weighted by Crippen LogP contribution is 2.16. The van der Waals surface area contributed by atoms with Gasteiger partial charge in [-0.25, -0.2) is 0 Å². The quantitative estimate of drug-likeness (QED) is 0.601. The number of hydrogen-bond acceptors (Lipinski definition) is 2. The normalized spacial score (nSPS) is 12.6. The van der Waals surface area contributed by atoms with E-state index < -0.39 is 0 Å². The molecule has 0 aliphatic carbocycles. The van der Waals surface area contributed by atoms with Crippen LogP contribution in [-0.2, 0) is 0 Å². The Kier molecular flexibility index (Phi) is 3.91. The Bertz CT molecular complexity index is 125. The molecule has 0 radical (unpaired) electrons. The molecule has 0 unspecified atom stereocenters. The van der Waals surface area contributed by atoms with Gasteiger partial charge >= 0.3 is 0 Å². The summed E-state index contributed by atoms with van der Waals surface area (Å²) in [6.07, 6.45) is 0. The summed E-state index contributed by atoms with van der Waals surface area (Å²) in [5.74, 6) is 0. The summed E-state index contributed by atoms with van der Waals surface area (Å²) in [5.41, 5.74) is 0. The lowest BCUT2D eigenvalue weighted by Gasteiger charge is -2.17. The van der Waals surface area contributed by atoms with Gasteiger partial charge in [-0.15, -0.1) is 0 Å². The van der Waals surface area contributed by atoms with Gasteiger partial charge in [0.1, 0.15) is 10.3 Å². The van der Waals surface area contributed by atoms with Gasteiger partial charge in [-0.3, -0.25) is 0 Å². The van der Waals surface area contributed by atoms with Crippen LogP contribution in [0.3, 0.4) is 0 Å². The van der Waals surface area contributed by atoms with Gasteiger partial charge in [0.2, 0.25) is 0 Å². The minimum Gasteiger partial charge on any atom is -0.366 e. The van der Waals surface area contributed by atoms with Gasteiger partial charge in [-0.2, -0.15) is 0 Å². The molecule has 10 heavy (non-hydrogen) atoms. The molecule has 0 fully saturated rings. The molecular weight excluding hydrogens is 171 g/mol. The van der Waals surface area contributed by atoms with Crippen LogP contribution in [0.2, 0.25) is 0 Å². The molecule has 0 bridgehead atoms. The molecule has 0 saturated heterocycles. The van der Waals surface area contributed by atoms with Crippen LogP contribution in [0.5, 0.6) is 0 Å². The van der Waals surface area contributed by atoms with Crippen molar-refractivity contribution in [3.8, 4) is 0 Å². The number of halogens is 2. The third-order valence-corrected chi connectivity index (χ3v) is 2.09. The third-order valence-electron chi connectivity index (χ3n) is 0.956. The maximum atomic E-state index is 5.79. The Morgan fingerprint density at radius 2 is 1.00 bits per heavy atom. The summed E-state index contributed by atoms with van der Waals surface area (Å²) >= 11 is 11.6. The first-order valence-electron chi connectivity index (χ1n) is 2.86. The average molecular weight is 183 g/mol. The molecule has 60 valence electrons. The minimum absolute atomic E-state index is 0.548. The van der Waals surface area contributed by atoms with Crippen LogP contribution in [0.25, 0.3) is 0 Å². The van der Waals surface area contributed by atoms with Crippen molar-refractivity contribution in [2.45, 2.75) is 0 Å². The van der Waals surface area contributed by atoms with Crippen LogP contribution in [0, 0.1) is 0 Å². The molecule has 2 nitrogen and oxygen atoms in total. The molecule has 0 aromatic heterocycles. The molecule has 0 rings (SSSR count). The van der Waals surface area contributed by atoms with Gasteiger partial charge in [0.15, 0.2) is 0 Å². The lowest BCUT2D eigenvalue weighted by atomic mass is 10.7. The number of hydrogen-bond donors (Lipinski definition) is 0. The maximum absolute atomic E-state index is 5.79. The summed E-state index contributed by atoms with van der Waals surface area (Å²) in [5, 5.41) is 1.10. The highest BCUT2D eigenvalue weighted by molar-refractivity contribution is 6.38. The Hall–Kier alpha value is -0.0800. The van der Waals surface area contributed by atoms with E-state index in [1.807, 2.05) is 28.2 Å². The van der Waals surface area contributed by atoms with E-state index in [1.54, 1.807) is 9.80 Å². The molecule has 0 amide bonds. The van der Waals surface area contributed by atoms with Crippen molar-refractivity contribution in [2.75, 3.05) is 28.2 Å². The van der Waals surface area contributed by atoms with E-state index in [-0.39, 0.29) is 0 Å². The monoisotopic (exact) mass is 182 g/mol. The summed E-state index contributed by atoms with van der Waals surface area (Å²) < 4.78 is 0. The van der Waals surface area contributed by atoms with Crippen molar-refractivity contribution in [1.29, 1.82) is 0 Å². The number of rotatable bonds is 2. The molecule has 0 aromatic carbocycles. The number of nitrogens with zero attached hydrogens (tertiary/aromatic N) is 2. The van der Waals surface area contributed by atoms with Crippen molar-refractivity contribution in [3.63, 3.8) is 0 Å². The highest BCUT2D eigenvalue weighted by atomic mass is 35.5. The zero-order valence-corrected chi connectivity index (χ0v) is 8.16. The molecule has 0 saturated carbocycles. The first-order valence-corrected chi connectivity index (χ1v) is 3.62. The van der Waals surface area contributed by atoms with Gasteiger partial charge in [0, 0.05) is 28.2 Å². The van der Waals surface area contributed by atoms with E-state index in [4.69, 9.17) is 23.2 Å². The molecule has 0 atom stereocenters. The fourth-order valence-electron chi connectivity index (χ4n) is 0.369. The molecule has 4 heteroatoms. The van der Waals surface area contributed by atoms with Crippen LogP contribution in [0.4, 0.5) is 0 Å². The van der Waals surface area contributed by atoms with Crippen molar-refractivity contribution >= 4 is 23.2 Å². The van der Waals surface area contributed by atoms with Crippen LogP contribution >= 0.6 is 23.2 Å². The average Bonchev–Trinajstić information content (AvgIpc) is 1.84. The van der Waals surface area contributed by atoms with Crippen molar-refractivity contribution in [3.05, 3.63) is 10.3 Å². The second kappa shape index (κ2) is 3.94. The molecular formula is C6H12Cl2N2. The van der Waals surface area contributed by atoms with E-state index in [1.165, 1.54) is 0 Å². The Morgan fingerprint density at radius 1 is 0.800 bits per heavy atom. The SMILES string of the molecule is CN(C)C(Cl)=C(Cl)N(C)C. The molecule has 0 N–H and O–H groups in total. The first kappa shape index (κ1) is 9.92. The summed E-state index contributed by atoms with van der Waals surface area (Å²) in [6, 6.07) is 0. The van der Waals surface area contributed by atoms with Gasteiger partial charge in [-0.05, 0) is 0 Å². The van der Waals surface area contributed by atoms with E-state index in [9.17, 15) is 0 Å². The Labute approximate surface area is 72.0 Å². The fraction of sp³-hybridized carbons (Fsp3) is 0.667. The Balaban J connectivity index is 4.34. The zero-order chi connectivity index (χ0) is 8.31. The van der Waals surface area contributed by atoms with Crippen LogP contribution in [0.15, 0.2) is 10.3 Å². The lowest BCUT2D eigenvalue weighted by Crippen LogP contribution is -2.15. The van der Waals surface area contributed by atoms with Gasteiger partial charge in [0.05, 0.1) is 0 Å². The summed E-state index contributed by atoms with van der Waals surface area (Å²) in [6.45, 7) is 0. The van der Waals surface area contributed by atoms with Crippen molar-refractivity contribution < 1.29 is 0 Å². The van der Waals surface area contributed by atoms with Gasteiger partial charge < -0.3 is 9.80 Å². The van der Waals surface area contributed by atoms with E-state index in [2.05, 4.69) is 0 Å². The van der Waals surface area contributed by atoms with Crippen LogP contribution < -0.4 is 0 Å². The topological polar surface area (TPSA) is 6.48 Å². The third kappa shape index (κ3) is 2.67. The zero-order valence-electron chi connectivity index (χ0n) is 6.65. The molecule has 0 spiro atoms. The summed E-state index contributed by atoms with van der Waals surface area (Å²) in [7, 11) is 7.37. The minimum atomic E-state index is 0.548. The molecule has 0 aliphatic heterocycles.